The molecule has 1 aliphatic rings. The van der Waals surface area contributed by atoms with Crippen LogP contribution in [0.15, 0.2) is 24.3 Å². The Balaban J connectivity index is 1.90. The van der Waals surface area contributed by atoms with Gasteiger partial charge in [0.05, 0.1) is 13.5 Å². The normalized spacial score (nSPS) is 18.6. The summed E-state index contributed by atoms with van der Waals surface area (Å²) in [5.41, 5.74) is 1.00. The number of amides is 1. The van der Waals surface area contributed by atoms with Crippen LogP contribution in [0.2, 0.25) is 0 Å². The van der Waals surface area contributed by atoms with Crippen molar-refractivity contribution in [2.24, 2.45) is 5.92 Å². The molecule has 1 fully saturated rings. The summed E-state index contributed by atoms with van der Waals surface area (Å²) >= 11 is 5.75. The smallest absolute Gasteiger partial charge is 0.227 e. The maximum Gasteiger partial charge on any atom is 0.227 e. The molecule has 1 amide bonds. The number of carbonyl (C=O) groups is 1. The van der Waals surface area contributed by atoms with Gasteiger partial charge in [0.1, 0.15) is 5.75 Å². The van der Waals surface area contributed by atoms with Crippen molar-refractivity contribution in [3.63, 3.8) is 0 Å². The molecule has 3 nitrogen and oxygen atoms in total. The number of nitrogens with zero attached hydrogens (tertiary/aromatic N) is 1. The summed E-state index contributed by atoms with van der Waals surface area (Å²) in [5.74, 6) is 2.26. The average molecular weight is 282 g/mol. The Morgan fingerprint density at radius 3 is 3.11 bits per heavy atom. The quantitative estimate of drug-likeness (QED) is 0.777. The van der Waals surface area contributed by atoms with Crippen LogP contribution in [0.25, 0.3) is 0 Å². The highest BCUT2D eigenvalue weighted by molar-refractivity contribution is 6.17. The van der Waals surface area contributed by atoms with Gasteiger partial charge in [-0.15, -0.1) is 11.6 Å². The van der Waals surface area contributed by atoms with E-state index in [9.17, 15) is 4.79 Å². The fraction of sp³-hybridized carbons (Fsp3) is 0.533. The summed E-state index contributed by atoms with van der Waals surface area (Å²) < 4.78 is 5.17. The van der Waals surface area contributed by atoms with E-state index in [0.717, 1.165) is 37.2 Å². The second-order valence-corrected chi connectivity index (χ2v) is 5.38. The molecule has 1 aliphatic heterocycles. The van der Waals surface area contributed by atoms with Crippen LogP contribution in [-0.2, 0) is 11.2 Å². The first kappa shape index (κ1) is 14.2. The second kappa shape index (κ2) is 6.80. The molecule has 0 aromatic heterocycles. The highest BCUT2D eigenvalue weighted by atomic mass is 35.5. The summed E-state index contributed by atoms with van der Waals surface area (Å²) in [5, 5.41) is 0. The van der Waals surface area contributed by atoms with Gasteiger partial charge in [0.15, 0.2) is 0 Å². The van der Waals surface area contributed by atoms with E-state index in [1.54, 1.807) is 7.11 Å². The van der Waals surface area contributed by atoms with Crippen molar-refractivity contribution in [2.45, 2.75) is 19.3 Å². The Labute approximate surface area is 119 Å². The van der Waals surface area contributed by atoms with Gasteiger partial charge in [0.25, 0.3) is 0 Å². The molecule has 0 spiro atoms. The van der Waals surface area contributed by atoms with Gasteiger partial charge in [-0.25, -0.2) is 0 Å². The van der Waals surface area contributed by atoms with Gasteiger partial charge in [0.2, 0.25) is 5.91 Å². The predicted molar refractivity (Wildman–Crippen MR) is 76.7 cm³/mol. The number of rotatable bonds is 5. The molecule has 0 aliphatic carbocycles. The Bertz CT molecular complexity index is 436. The van der Waals surface area contributed by atoms with Gasteiger partial charge in [-0.1, -0.05) is 12.1 Å². The third-order valence-corrected chi connectivity index (χ3v) is 3.86. The fourth-order valence-electron chi connectivity index (χ4n) is 2.52. The number of halogens is 1. The van der Waals surface area contributed by atoms with E-state index in [-0.39, 0.29) is 5.91 Å². The van der Waals surface area contributed by atoms with Crippen molar-refractivity contribution >= 4 is 17.5 Å². The molecular formula is C15H20ClNO2. The molecule has 0 radical (unpaired) electrons. The van der Waals surface area contributed by atoms with Crippen LogP contribution in [0.1, 0.15) is 18.4 Å². The number of alkyl halides is 1. The third-order valence-electron chi connectivity index (χ3n) is 3.65. The van der Waals surface area contributed by atoms with Crippen molar-refractivity contribution in [3.8, 4) is 5.75 Å². The molecule has 104 valence electrons. The zero-order chi connectivity index (χ0) is 13.7. The van der Waals surface area contributed by atoms with Gasteiger partial charge in [-0.2, -0.15) is 0 Å². The first-order valence-electron chi connectivity index (χ1n) is 6.69. The maximum atomic E-state index is 12.2. The Hall–Kier alpha value is -1.22. The minimum absolute atomic E-state index is 0.199. The van der Waals surface area contributed by atoms with Gasteiger partial charge >= 0.3 is 0 Å². The SMILES string of the molecule is COc1cccc(CC(=O)N2CCC(CCCl)C2)c1. The molecule has 19 heavy (non-hydrogen) atoms. The third kappa shape index (κ3) is 3.87. The van der Waals surface area contributed by atoms with E-state index in [1.165, 1.54) is 0 Å². The molecule has 1 heterocycles. The summed E-state index contributed by atoms with van der Waals surface area (Å²) in [6.45, 7) is 1.72. The summed E-state index contributed by atoms with van der Waals surface area (Å²) in [6, 6.07) is 7.69. The molecule has 0 N–H and O–H groups in total. The molecule has 2 rings (SSSR count). The molecule has 1 saturated heterocycles. The number of likely N-dealkylation sites (tertiary alicyclic amines) is 1. The number of carbonyl (C=O) groups excluding carboxylic acids is 1. The van der Waals surface area contributed by atoms with Gasteiger partial charge in [-0.3, -0.25) is 4.79 Å². The Morgan fingerprint density at radius 2 is 2.37 bits per heavy atom. The minimum Gasteiger partial charge on any atom is -0.497 e. The molecule has 0 bridgehead atoms. The van der Waals surface area contributed by atoms with Crippen molar-refractivity contribution in [1.29, 1.82) is 0 Å². The van der Waals surface area contributed by atoms with Crippen LogP contribution in [0, 0.1) is 5.92 Å². The number of methoxy groups -OCH3 is 1. The first-order valence-corrected chi connectivity index (χ1v) is 7.23. The number of benzene rings is 1. The van der Waals surface area contributed by atoms with Gasteiger partial charge in [0, 0.05) is 19.0 Å². The maximum absolute atomic E-state index is 12.2. The molecule has 1 aromatic carbocycles. The lowest BCUT2D eigenvalue weighted by Crippen LogP contribution is -2.30. The lowest BCUT2D eigenvalue weighted by Gasteiger charge is -2.16. The number of hydrogen-bond donors (Lipinski definition) is 0. The van der Waals surface area contributed by atoms with Crippen molar-refractivity contribution in [3.05, 3.63) is 29.8 Å². The average Bonchev–Trinajstić information content (AvgIpc) is 2.88. The Morgan fingerprint density at radius 1 is 1.53 bits per heavy atom. The zero-order valence-electron chi connectivity index (χ0n) is 11.3. The van der Waals surface area contributed by atoms with Gasteiger partial charge in [-0.05, 0) is 36.5 Å². The van der Waals surface area contributed by atoms with E-state index >= 15 is 0 Å². The molecular weight excluding hydrogens is 262 g/mol. The Kier molecular flexibility index (Phi) is 5.08. The second-order valence-electron chi connectivity index (χ2n) is 5.00. The van der Waals surface area contributed by atoms with E-state index in [2.05, 4.69) is 0 Å². The lowest BCUT2D eigenvalue weighted by atomic mass is 10.1. The van der Waals surface area contributed by atoms with Crippen LogP contribution in [0.4, 0.5) is 0 Å². The minimum atomic E-state index is 0.199. The monoisotopic (exact) mass is 281 g/mol. The van der Waals surface area contributed by atoms with Gasteiger partial charge < -0.3 is 9.64 Å². The summed E-state index contributed by atoms with van der Waals surface area (Å²) in [7, 11) is 1.64. The van der Waals surface area contributed by atoms with Crippen LogP contribution >= 0.6 is 11.6 Å². The molecule has 4 heteroatoms. The van der Waals surface area contributed by atoms with Crippen LogP contribution in [0.5, 0.6) is 5.75 Å². The largest absolute Gasteiger partial charge is 0.497 e. The van der Waals surface area contributed by atoms with Crippen molar-refractivity contribution in [1.82, 2.24) is 4.90 Å². The topological polar surface area (TPSA) is 29.5 Å². The van der Waals surface area contributed by atoms with E-state index < -0.39 is 0 Å². The first-order chi connectivity index (χ1) is 9.22. The van der Waals surface area contributed by atoms with Crippen LogP contribution < -0.4 is 4.74 Å². The highest BCUT2D eigenvalue weighted by Crippen LogP contribution is 2.21. The molecule has 1 atom stereocenters. The standard InChI is InChI=1S/C15H20ClNO2/c1-19-14-4-2-3-13(9-14)10-15(18)17-8-6-12(11-17)5-7-16/h2-4,9,12H,5-8,10-11H2,1H3. The van der Waals surface area contributed by atoms with Crippen molar-refractivity contribution < 1.29 is 9.53 Å². The van der Waals surface area contributed by atoms with E-state index in [1.807, 2.05) is 29.2 Å². The predicted octanol–water partition coefficient (Wildman–Crippen LogP) is 2.72. The molecule has 1 aromatic rings. The van der Waals surface area contributed by atoms with Crippen LogP contribution in [-0.4, -0.2) is 36.9 Å². The summed E-state index contributed by atoms with van der Waals surface area (Å²) in [4.78, 5) is 14.2. The zero-order valence-corrected chi connectivity index (χ0v) is 12.0. The van der Waals surface area contributed by atoms with E-state index in [0.29, 0.717) is 18.2 Å². The number of ether oxygens (including phenoxy) is 1. The summed E-state index contributed by atoms with van der Waals surface area (Å²) in [6.07, 6.45) is 2.53. The molecule has 0 saturated carbocycles. The lowest BCUT2D eigenvalue weighted by molar-refractivity contribution is -0.129. The number of hydrogen-bond acceptors (Lipinski definition) is 2. The van der Waals surface area contributed by atoms with Crippen molar-refractivity contribution in [2.75, 3.05) is 26.1 Å². The molecule has 1 unspecified atom stereocenters. The highest BCUT2D eigenvalue weighted by Gasteiger charge is 2.25. The van der Waals surface area contributed by atoms with Crippen LogP contribution in [0.3, 0.4) is 0 Å². The van der Waals surface area contributed by atoms with E-state index in [4.69, 9.17) is 16.3 Å². The fourth-order valence-corrected chi connectivity index (χ4v) is 2.83.